The van der Waals surface area contributed by atoms with Gasteiger partial charge >= 0.3 is 5.97 Å². The van der Waals surface area contributed by atoms with Gasteiger partial charge < -0.3 is 15.7 Å². The smallest absolute Gasteiger partial charge is 0.329 e. The Kier molecular flexibility index (Phi) is 3.16. The van der Waals surface area contributed by atoms with Crippen LogP contribution in [0, 0.1) is 0 Å². The number of fused-ring (bicyclic) bond motifs is 1. The minimum Gasteiger partial charge on any atom is -0.480 e. The van der Waals surface area contributed by atoms with Crippen molar-refractivity contribution in [3.63, 3.8) is 0 Å². The zero-order valence-corrected chi connectivity index (χ0v) is 11.4. The number of aryl methyl sites for hydroxylation is 1. The molecule has 1 saturated carbocycles. The molecule has 110 valence electrons. The standard InChI is InChI=1S/C15H16N2O4/c18-12-5-3-9-8-10(2-4-11(9)16-12)13(19)17-15(14(20)21)6-1-7-15/h2,4,8H,1,3,5-7H2,(H,16,18)(H,17,19)(H,20,21). The maximum Gasteiger partial charge on any atom is 0.329 e. The molecular weight excluding hydrogens is 272 g/mol. The van der Waals surface area contributed by atoms with Gasteiger partial charge in [0.1, 0.15) is 5.54 Å². The molecule has 0 unspecified atom stereocenters. The first kappa shape index (κ1) is 13.6. The number of aliphatic carboxylic acids is 1. The van der Waals surface area contributed by atoms with Gasteiger partial charge in [-0.15, -0.1) is 0 Å². The van der Waals surface area contributed by atoms with Crippen molar-refractivity contribution in [1.29, 1.82) is 0 Å². The van der Waals surface area contributed by atoms with Crippen LogP contribution in [0.2, 0.25) is 0 Å². The van der Waals surface area contributed by atoms with E-state index < -0.39 is 11.5 Å². The van der Waals surface area contributed by atoms with Crippen LogP contribution in [-0.2, 0) is 16.0 Å². The Hall–Kier alpha value is -2.37. The molecule has 21 heavy (non-hydrogen) atoms. The summed E-state index contributed by atoms with van der Waals surface area (Å²) in [6.07, 6.45) is 2.73. The van der Waals surface area contributed by atoms with E-state index in [-0.39, 0.29) is 11.8 Å². The van der Waals surface area contributed by atoms with Crippen molar-refractivity contribution in [3.05, 3.63) is 29.3 Å². The van der Waals surface area contributed by atoms with E-state index in [1.54, 1.807) is 18.2 Å². The summed E-state index contributed by atoms with van der Waals surface area (Å²) in [5, 5.41) is 14.6. The molecule has 3 N–H and O–H groups in total. The SMILES string of the molecule is O=C1CCc2cc(C(=O)NC3(C(=O)O)CCC3)ccc2N1. The molecule has 1 fully saturated rings. The fraction of sp³-hybridized carbons (Fsp3) is 0.400. The van der Waals surface area contributed by atoms with Gasteiger partial charge in [-0.25, -0.2) is 4.79 Å². The second-order valence-corrected chi connectivity index (χ2v) is 5.62. The highest BCUT2D eigenvalue weighted by Crippen LogP contribution is 2.32. The number of amides is 2. The monoisotopic (exact) mass is 288 g/mol. The normalized spacial score (nSPS) is 19.0. The Labute approximate surface area is 121 Å². The number of rotatable bonds is 3. The zero-order chi connectivity index (χ0) is 15.0. The molecule has 0 bridgehead atoms. The highest BCUT2D eigenvalue weighted by atomic mass is 16.4. The topological polar surface area (TPSA) is 95.5 Å². The van der Waals surface area contributed by atoms with Gasteiger partial charge in [-0.3, -0.25) is 9.59 Å². The molecule has 0 saturated heterocycles. The van der Waals surface area contributed by atoms with Crippen LogP contribution in [0.15, 0.2) is 18.2 Å². The molecule has 1 aliphatic carbocycles. The predicted octanol–water partition coefficient (Wildman–Crippen LogP) is 1.31. The Morgan fingerprint density at radius 3 is 2.62 bits per heavy atom. The minimum atomic E-state index is -1.11. The second kappa shape index (κ2) is 4.87. The Bertz CT molecular complexity index is 635. The van der Waals surface area contributed by atoms with Crippen molar-refractivity contribution in [3.8, 4) is 0 Å². The molecule has 0 radical (unpaired) electrons. The van der Waals surface area contributed by atoms with Gasteiger partial charge in [0.2, 0.25) is 5.91 Å². The number of hydrogen-bond donors (Lipinski definition) is 3. The molecule has 0 atom stereocenters. The number of carbonyl (C=O) groups is 3. The van der Waals surface area contributed by atoms with E-state index in [2.05, 4.69) is 10.6 Å². The summed E-state index contributed by atoms with van der Waals surface area (Å²) in [5.74, 6) is -1.39. The van der Waals surface area contributed by atoms with Crippen molar-refractivity contribution in [2.75, 3.05) is 5.32 Å². The molecule has 6 heteroatoms. The lowest BCUT2D eigenvalue weighted by Gasteiger charge is -2.38. The number of carboxylic acids is 1. The summed E-state index contributed by atoms with van der Waals surface area (Å²) < 4.78 is 0. The molecule has 1 aliphatic heterocycles. The van der Waals surface area contributed by atoms with Crippen LogP contribution in [0.3, 0.4) is 0 Å². The summed E-state index contributed by atoms with van der Waals surface area (Å²) >= 11 is 0. The van der Waals surface area contributed by atoms with E-state index in [0.29, 0.717) is 31.2 Å². The fourth-order valence-corrected chi connectivity index (χ4v) is 2.74. The summed E-state index contributed by atoms with van der Waals surface area (Å²) in [6.45, 7) is 0. The number of nitrogens with one attached hydrogen (secondary N) is 2. The number of carbonyl (C=O) groups excluding carboxylic acids is 2. The van der Waals surface area contributed by atoms with Crippen LogP contribution >= 0.6 is 0 Å². The van der Waals surface area contributed by atoms with Gasteiger partial charge in [0, 0.05) is 17.7 Å². The summed E-state index contributed by atoms with van der Waals surface area (Å²) in [4.78, 5) is 34.8. The predicted molar refractivity (Wildman–Crippen MR) is 75.1 cm³/mol. The van der Waals surface area contributed by atoms with Crippen molar-refractivity contribution >= 4 is 23.5 Å². The second-order valence-electron chi connectivity index (χ2n) is 5.62. The average molecular weight is 288 g/mol. The van der Waals surface area contributed by atoms with Crippen molar-refractivity contribution in [2.45, 2.75) is 37.6 Å². The molecule has 0 aromatic heterocycles. The fourth-order valence-electron chi connectivity index (χ4n) is 2.74. The third-order valence-electron chi connectivity index (χ3n) is 4.23. The highest BCUT2D eigenvalue weighted by molar-refractivity contribution is 6.00. The van der Waals surface area contributed by atoms with E-state index >= 15 is 0 Å². The van der Waals surface area contributed by atoms with Crippen molar-refractivity contribution in [1.82, 2.24) is 5.32 Å². The Morgan fingerprint density at radius 2 is 2.00 bits per heavy atom. The quantitative estimate of drug-likeness (QED) is 0.781. The van der Waals surface area contributed by atoms with Gasteiger partial charge in [-0.05, 0) is 49.4 Å². The van der Waals surface area contributed by atoms with E-state index in [9.17, 15) is 19.5 Å². The molecule has 1 aromatic carbocycles. The first-order valence-corrected chi connectivity index (χ1v) is 6.99. The number of benzene rings is 1. The first-order valence-electron chi connectivity index (χ1n) is 6.99. The largest absolute Gasteiger partial charge is 0.480 e. The number of carboxylic acid groups (broad SMARTS) is 1. The van der Waals surface area contributed by atoms with Gasteiger partial charge in [-0.2, -0.15) is 0 Å². The zero-order valence-electron chi connectivity index (χ0n) is 11.4. The van der Waals surface area contributed by atoms with Crippen LogP contribution in [0.25, 0.3) is 0 Å². The van der Waals surface area contributed by atoms with Gasteiger partial charge in [0.05, 0.1) is 0 Å². The minimum absolute atomic E-state index is 0.0287. The van der Waals surface area contributed by atoms with E-state index in [4.69, 9.17) is 0 Å². The van der Waals surface area contributed by atoms with Crippen LogP contribution in [0.5, 0.6) is 0 Å². The lowest BCUT2D eigenvalue weighted by Crippen LogP contribution is -2.59. The maximum absolute atomic E-state index is 12.2. The molecular formula is C15H16N2O4. The maximum atomic E-state index is 12.2. The first-order chi connectivity index (χ1) is 10.00. The molecule has 1 heterocycles. The van der Waals surface area contributed by atoms with E-state index in [1.807, 2.05) is 0 Å². The Morgan fingerprint density at radius 1 is 1.24 bits per heavy atom. The van der Waals surface area contributed by atoms with Crippen LogP contribution < -0.4 is 10.6 Å². The lowest BCUT2D eigenvalue weighted by atomic mass is 9.76. The van der Waals surface area contributed by atoms with Gasteiger partial charge in [0.15, 0.2) is 0 Å². The van der Waals surface area contributed by atoms with Gasteiger partial charge in [-0.1, -0.05) is 0 Å². The molecule has 2 amide bonds. The summed E-state index contributed by atoms with van der Waals surface area (Å²) in [5.41, 5.74) is 0.943. The third kappa shape index (κ3) is 2.37. The van der Waals surface area contributed by atoms with Crippen molar-refractivity contribution in [2.24, 2.45) is 0 Å². The molecule has 2 aliphatic rings. The molecule has 3 rings (SSSR count). The van der Waals surface area contributed by atoms with E-state index in [0.717, 1.165) is 17.7 Å². The third-order valence-corrected chi connectivity index (χ3v) is 4.23. The number of anilines is 1. The molecule has 0 spiro atoms. The highest BCUT2D eigenvalue weighted by Gasteiger charge is 2.45. The van der Waals surface area contributed by atoms with Crippen LogP contribution in [0.4, 0.5) is 5.69 Å². The van der Waals surface area contributed by atoms with Crippen molar-refractivity contribution < 1.29 is 19.5 Å². The molecule has 6 nitrogen and oxygen atoms in total. The number of hydrogen-bond acceptors (Lipinski definition) is 3. The lowest BCUT2D eigenvalue weighted by molar-refractivity contribution is -0.148. The van der Waals surface area contributed by atoms with E-state index in [1.165, 1.54) is 0 Å². The van der Waals surface area contributed by atoms with Crippen LogP contribution in [-0.4, -0.2) is 28.4 Å². The summed E-state index contributed by atoms with van der Waals surface area (Å²) in [7, 11) is 0. The summed E-state index contributed by atoms with van der Waals surface area (Å²) in [6, 6.07) is 5.02. The van der Waals surface area contributed by atoms with Gasteiger partial charge in [0.25, 0.3) is 5.91 Å². The molecule has 1 aromatic rings. The van der Waals surface area contributed by atoms with Crippen LogP contribution in [0.1, 0.15) is 41.6 Å². The Balaban J connectivity index is 1.79. The average Bonchev–Trinajstić information content (AvgIpc) is 2.41.